The summed E-state index contributed by atoms with van der Waals surface area (Å²) in [7, 11) is 0. The van der Waals surface area contributed by atoms with E-state index in [0.717, 1.165) is 16.0 Å². The quantitative estimate of drug-likeness (QED) is 0.766. The van der Waals surface area contributed by atoms with Gasteiger partial charge in [0.2, 0.25) is 0 Å². The molecule has 0 aliphatic heterocycles. The molecule has 1 amide bonds. The fourth-order valence-electron chi connectivity index (χ4n) is 1.67. The van der Waals surface area contributed by atoms with Crippen molar-refractivity contribution < 1.29 is 29.3 Å². The number of aliphatic carboxylic acids is 2. The second kappa shape index (κ2) is 7.28. The predicted molar refractivity (Wildman–Crippen MR) is 73.3 cm³/mol. The number of hydrogen-bond donors (Lipinski definition) is 2. The van der Waals surface area contributed by atoms with E-state index in [1.165, 1.54) is 0 Å². The van der Waals surface area contributed by atoms with E-state index in [4.69, 9.17) is 14.9 Å². The summed E-state index contributed by atoms with van der Waals surface area (Å²) < 4.78 is 5.35. The number of amides is 1. The van der Waals surface area contributed by atoms with Crippen LogP contribution < -0.4 is 4.74 Å². The highest BCUT2D eigenvalue weighted by Crippen LogP contribution is 2.20. The second-order valence-corrected chi connectivity index (χ2v) is 4.52. The lowest BCUT2D eigenvalue weighted by Gasteiger charge is -2.19. The molecule has 0 bridgehead atoms. The SMILES string of the molecule is Cc1cccc(OCC(=O)N(CC(=O)O)CC(=O)O)c1C. The summed E-state index contributed by atoms with van der Waals surface area (Å²) in [4.78, 5) is 33.9. The Morgan fingerprint density at radius 3 is 2.19 bits per heavy atom. The number of carbonyl (C=O) groups excluding carboxylic acids is 1. The lowest BCUT2D eigenvalue weighted by atomic mass is 10.1. The van der Waals surface area contributed by atoms with Gasteiger partial charge < -0.3 is 19.8 Å². The first kappa shape index (κ1) is 16.5. The minimum atomic E-state index is -1.28. The third-order valence-corrected chi connectivity index (χ3v) is 2.91. The number of rotatable bonds is 7. The molecule has 0 aromatic heterocycles. The highest BCUT2D eigenvalue weighted by Gasteiger charge is 2.20. The van der Waals surface area contributed by atoms with Crippen LogP contribution in [0.5, 0.6) is 5.75 Å². The molecule has 0 aliphatic rings. The molecule has 0 fully saturated rings. The van der Waals surface area contributed by atoms with Gasteiger partial charge in [-0.3, -0.25) is 14.4 Å². The van der Waals surface area contributed by atoms with Gasteiger partial charge in [-0.15, -0.1) is 0 Å². The first-order valence-corrected chi connectivity index (χ1v) is 6.21. The fourth-order valence-corrected chi connectivity index (χ4v) is 1.67. The molecule has 1 aromatic carbocycles. The Labute approximate surface area is 121 Å². The predicted octanol–water partition coefficient (Wildman–Crippen LogP) is 0.680. The Kier molecular flexibility index (Phi) is 5.71. The molecule has 21 heavy (non-hydrogen) atoms. The van der Waals surface area contributed by atoms with Crippen molar-refractivity contribution in [3.8, 4) is 5.75 Å². The molecule has 0 saturated heterocycles. The van der Waals surface area contributed by atoms with Gasteiger partial charge in [0.1, 0.15) is 18.8 Å². The van der Waals surface area contributed by atoms with E-state index >= 15 is 0 Å². The van der Waals surface area contributed by atoms with Crippen molar-refractivity contribution >= 4 is 17.8 Å². The van der Waals surface area contributed by atoms with Crippen LogP contribution in [0.15, 0.2) is 18.2 Å². The maximum atomic E-state index is 11.9. The van der Waals surface area contributed by atoms with Crippen LogP contribution in [-0.2, 0) is 14.4 Å². The third kappa shape index (κ3) is 5.13. The highest BCUT2D eigenvalue weighted by atomic mass is 16.5. The summed E-state index contributed by atoms with van der Waals surface area (Å²) in [6, 6.07) is 5.36. The first-order chi connectivity index (χ1) is 9.81. The van der Waals surface area contributed by atoms with Gasteiger partial charge in [-0.2, -0.15) is 0 Å². The van der Waals surface area contributed by atoms with Crippen molar-refractivity contribution in [3.05, 3.63) is 29.3 Å². The van der Waals surface area contributed by atoms with E-state index in [1.807, 2.05) is 19.9 Å². The van der Waals surface area contributed by atoms with Crippen LogP contribution >= 0.6 is 0 Å². The highest BCUT2D eigenvalue weighted by molar-refractivity contribution is 5.85. The Hall–Kier alpha value is -2.57. The monoisotopic (exact) mass is 295 g/mol. The van der Waals surface area contributed by atoms with Crippen molar-refractivity contribution in [3.63, 3.8) is 0 Å². The van der Waals surface area contributed by atoms with E-state index in [0.29, 0.717) is 5.75 Å². The van der Waals surface area contributed by atoms with Gasteiger partial charge in [0.25, 0.3) is 5.91 Å². The molecular formula is C14H17NO6. The van der Waals surface area contributed by atoms with Crippen LogP contribution in [0.3, 0.4) is 0 Å². The fraction of sp³-hybridized carbons (Fsp3) is 0.357. The number of aryl methyl sites for hydroxylation is 1. The zero-order valence-electron chi connectivity index (χ0n) is 11.8. The van der Waals surface area contributed by atoms with Gasteiger partial charge in [0.15, 0.2) is 6.61 Å². The second-order valence-electron chi connectivity index (χ2n) is 4.52. The summed E-state index contributed by atoms with van der Waals surface area (Å²) in [6.07, 6.45) is 0. The summed E-state index contributed by atoms with van der Waals surface area (Å²) >= 11 is 0. The molecule has 0 atom stereocenters. The van der Waals surface area contributed by atoms with E-state index in [-0.39, 0.29) is 0 Å². The number of benzene rings is 1. The molecule has 0 unspecified atom stereocenters. The molecule has 7 nitrogen and oxygen atoms in total. The van der Waals surface area contributed by atoms with Crippen molar-refractivity contribution in [2.45, 2.75) is 13.8 Å². The van der Waals surface area contributed by atoms with Gasteiger partial charge in [0, 0.05) is 0 Å². The smallest absolute Gasteiger partial charge is 0.323 e. The number of carbonyl (C=O) groups is 3. The Bertz CT molecular complexity index is 538. The molecule has 1 rings (SSSR count). The molecule has 7 heteroatoms. The Balaban J connectivity index is 2.70. The summed E-state index contributed by atoms with van der Waals surface area (Å²) in [5.74, 6) is -2.75. The van der Waals surface area contributed by atoms with E-state index in [9.17, 15) is 14.4 Å². The molecule has 114 valence electrons. The van der Waals surface area contributed by atoms with Crippen LogP contribution in [0.4, 0.5) is 0 Å². The number of hydrogen-bond acceptors (Lipinski definition) is 4. The zero-order valence-corrected chi connectivity index (χ0v) is 11.8. The summed E-state index contributed by atoms with van der Waals surface area (Å²) in [6.45, 7) is 1.96. The molecule has 0 spiro atoms. The van der Waals surface area contributed by atoms with Crippen LogP contribution in [-0.4, -0.2) is 52.7 Å². The topological polar surface area (TPSA) is 104 Å². The minimum Gasteiger partial charge on any atom is -0.483 e. The van der Waals surface area contributed by atoms with Crippen molar-refractivity contribution in [2.75, 3.05) is 19.7 Å². The first-order valence-electron chi connectivity index (χ1n) is 6.21. The molecular weight excluding hydrogens is 278 g/mol. The molecule has 0 radical (unpaired) electrons. The van der Waals surface area contributed by atoms with Crippen molar-refractivity contribution in [1.82, 2.24) is 4.90 Å². The third-order valence-electron chi connectivity index (χ3n) is 2.91. The molecule has 0 saturated carbocycles. The van der Waals surface area contributed by atoms with Gasteiger partial charge in [-0.25, -0.2) is 0 Å². The lowest BCUT2D eigenvalue weighted by molar-refractivity contribution is -0.150. The van der Waals surface area contributed by atoms with E-state index in [1.54, 1.807) is 12.1 Å². The number of carboxylic acid groups (broad SMARTS) is 2. The van der Waals surface area contributed by atoms with Gasteiger partial charge in [0.05, 0.1) is 0 Å². The molecule has 1 aromatic rings. The van der Waals surface area contributed by atoms with Gasteiger partial charge >= 0.3 is 11.9 Å². The van der Waals surface area contributed by atoms with Gasteiger partial charge in [-0.05, 0) is 31.0 Å². The maximum absolute atomic E-state index is 11.9. The number of nitrogens with zero attached hydrogens (tertiary/aromatic N) is 1. The summed E-state index contributed by atoms with van der Waals surface area (Å²) in [5.41, 5.74) is 1.86. The average Bonchev–Trinajstić information content (AvgIpc) is 2.38. The maximum Gasteiger partial charge on any atom is 0.323 e. The normalized spacial score (nSPS) is 10.0. The standard InChI is InChI=1S/C14H17NO6/c1-9-4-3-5-11(10(9)2)21-8-12(16)15(6-13(17)18)7-14(19)20/h3-5H,6-8H2,1-2H3,(H,17,18)(H,19,20). The molecule has 0 aliphatic carbocycles. The average molecular weight is 295 g/mol. The zero-order chi connectivity index (χ0) is 16.0. The van der Waals surface area contributed by atoms with E-state index in [2.05, 4.69) is 0 Å². The van der Waals surface area contributed by atoms with Crippen LogP contribution in [0.25, 0.3) is 0 Å². The van der Waals surface area contributed by atoms with Crippen molar-refractivity contribution in [1.29, 1.82) is 0 Å². The largest absolute Gasteiger partial charge is 0.483 e. The van der Waals surface area contributed by atoms with Crippen molar-refractivity contribution in [2.24, 2.45) is 0 Å². The van der Waals surface area contributed by atoms with Crippen LogP contribution in [0.2, 0.25) is 0 Å². The van der Waals surface area contributed by atoms with Crippen LogP contribution in [0, 0.1) is 13.8 Å². The Morgan fingerprint density at radius 1 is 1.10 bits per heavy atom. The van der Waals surface area contributed by atoms with Crippen LogP contribution in [0.1, 0.15) is 11.1 Å². The molecule has 2 N–H and O–H groups in total. The Morgan fingerprint density at radius 2 is 1.67 bits per heavy atom. The number of carboxylic acids is 2. The van der Waals surface area contributed by atoms with E-state index < -0.39 is 37.5 Å². The van der Waals surface area contributed by atoms with Gasteiger partial charge in [-0.1, -0.05) is 12.1 Å². The number of ether oxygens (including phenoxy) is 1. The summed E-state index contributed by atoms with van der Waals surface area (Å²) in [5, 5.41) is 17.4. The lowest BCUT2D eigenvalue weighted by Crippen LogP contribution is -2.41. The molecule has 0 heterocycles. The minimum absolute atomic E-state index is 0.412.